The summed E-state index contributed by atoms with van der Waals surface area (Å²) in [5.41, 5.74) is 0.681. The van der Waals surface area contributed by atoms with E-state index >= 15 is 0 Å². The molecule has 5 heteroatoms. The lowest BCUT2D eigenvalue weighted by atomic mass is 10.3. The van der Waals surface area contributed by atoms with E-state index in [1.165, 1.54) is 6.92 Å². The van der Waals surface area contributed by atoms with Crippen molar-refractivity contribution in [2.45, 2.75) is 13.8 Å². The van der Waals surface area contributed by atoms with Crippen LogP contribution in [0.5, 0.6) is 5.75 Å². The van der Waals surface area contributed by atoms with Gasteiger partial charge in [-0.15, -0.1) is 0 Å². The monoisotopic (exact) mass is 237 g/mol. The highest BCUT2D eigenvalue weighted by Gasteiger charge is 2.03. The van der Waals surface area contributed by atoms with E-state index in [1.807, 2.05) is 0 Å². The zero-order valence-electron chi connectivity index (χ0n) is 9.86. The van der Waals surface area contributed by atoms with E-state index in [0.29, 0.717) is 18.0 Å². The molecule has 1 rings (SSSR count). The molecule has 5 nitrogen and oxygen atoms in total. The fourth-order valence-corrected chi connectivity index (χ4v) is 1.18. The van der Waals surface area contributed by atoms with E-state index in [9.17, 15) is 9.59 Å². The van der Waals surface area contributed by atoms with Crippen LogP contribution in [0.25, 0.3) is 0 Å². The van der Waals surface area contributed by atoms with Gasteiger partial charge in [0.15, 0.2) is 6.61 Å². The largest absolute Gasteiger partial charge is 0.482 e. The first-order chi connectivity index (χ1) is 8.11. The average molecular weight is 237 g/mol. The van der Waals surface area contributed by atoms with Gasteiger partial charge in [-0.3, -0.25) is 4.79 Å². The maximum atomic E-state index is 11.0. The highest BCUT2D eigenvalue weighted by Crippen LogP contribution is 2.15. The van der Waals surface area contributed by atoms with Gasteiger partial charge in [0.05, 0.1) is 6.61 Å². The Balaban J connectivity index is 2.45. The van der Waals surface area contributed by atoms with Crippen LogP contribution in [0.15, 0.2) is 24.3 Å². The van der Waals surface area contributed by atoms with Crippen LogP contribution < -0.4 is 10.1 Å². The molecule has 0 bridgehead atoms. The fraction of sp³-hybridized carbons (Fsp3) is 0.333. The van der Waals surface area contributed by atoms with Gasteiger partial charge < -0.3 is 14.8 Å². The second kappa shape index (κ2) is 6.52. The SMILES string of the molecule is CCOC(=O)COc1ccc(NC(C)=O)cc1. The molecule has 0 aromatic heterocycles. The molecule has 0 aliphatic carbocycles. The number of amides is 1. The maximum Gasteiger partial charge on any atom is 0.344 e. The maximum absolute atomic E-state index is 11.0. The Morgan fingerprint density at radius 1 is 1.24 bits per heavy atom. The lowest BCUT2D eigenvalue weighted by Gasteiger charge is -2.06. The van der Waals surface area contributed by atoms with Crippen LogP contribution in [-0.2, 0) is 14.3 Å². The molecule has 1 amide bonds. The van der Waals surface area contributed by atoms with Gasteiger partial charge >= 0.3 is 5.97 Å². The van der Waals surface area contributed by atoms with Crippen molar-refractivity contribution in [2.75, 3.05) is 18.5 Å². The Bertz CT molecular complexity index is 386. The van der Waals surface area contributed by atoms with Crippen LogP contribution in [0.1, 0.15) is 13.8 Å². The molecule has 0 saturated heterocycles. The van der Waals surface area contributed by atoms with Crippen molar-refractivity contribution in [1.82, 2.24) is 0 Å². The minimum atomic E-state index is -0.404. The third kappa shape index (κ3) is 5.01. The Morgan fingerprint density at radius 2 is 1.88 bits per heavy atom. The summed E-state index contributed by atoms with van der Waals surface area (Å²) in [6.45, 7) is 3.39. The zero-order valence-corrected chi connectivity index (χ0v) is 9.86. The summed E-state index contributed by atoms with van der Waals surface area (Å²) in [6, 6.07) is 6.73. The highest BCUT2D eigenvalue weighted by atomic mass is 16.6. The topological polar surface area (TPSA) is 64.6 Å². The number of nitrogens with one attached hydrogen (secondary N) is 1. The van der Waals surface area contributed by atoms with E-state index in [1.54, 1.807) is 31.2 Å². The molecule has 0 fully saturated rings. The number of esters is 1. The van der Waals surface area contributed by atoms with Crippen molar-refractivity contribution in [1.29, 1.82) is 0 Å². The van der Waals surface area contributed by atoms with Crippen molar-refractivity contribution >= 4 is 17.6 Å². The number of carbonyl (C=O) groups excluding carboxylic acids is 2. The standard InChI is InChI=1S/C12H15NO4/c1-3-16-12(15)8-17-11-6-4-10(5-7-11)13-9(2)14/h4-7H,3,8H2,1-2H3,(H,13,14). The van der Waals surface area contributed by atoms with Crippen molar-refractivity contribution < 1.29 is 19.1 Å². The first kappa shape index (κ1) is 13.0. The number of benzene rings is 1. The van der Waals surface area contributed by atoms with Gasteiger partial charge in [0.1, 0.15) is 5.75 Å². The Hall–Kier alpha value is -2.04. The number of anilines is 1. The normalized spacial score (nSPS) is 9.53. The van der Waals surface area contributed by atoms with E-state index < -0.39 is 5.97 Å². The average Bonchev–Trinajstić information content (AvgIpc) is 2.28. The molecule has 0 spiro atoms. The predicted octanol–water partition coefficient (Wildman–Crippen LogP) is 1.59. The number of hydrogen-bond acceptors (Lipinski definition) is 4. The van der Waals surface area contributed by atoms with Gasteiger partial charge in [-0.05, 0) is 31.2 Å². The van der Waals surface area contributed by atoms with Crippen molar-refractivity contribution in [3.05, 3.63) is 24.3 Å². The summed E-state index contributed by atoms with van der Waals surface area (Å²) < 4.78 is 9.91. The molecule has 1 aromatic carbocycles. The molecule has 92 valence electrons. The summed E-state index contributed by atoms with van der Waals surface area (Å²) in [7, 11) is 0. The summed E-state index contributed by atoms with van der Waals surface area (Å²) >= 11 is 0. The Morgan fingerprint density at radius 3 is 2.41 bits per heavy atom. The van der Waals surface area contributed by atoms with Gasteiger partial charge in [-0.1, -0.05) is 0 Å². The zero-order chi connectivity index (χ0) is 12.7. The highest BCUT2D eigenvalue weighted by molar-refractivity contribution is 5.88. The number of ether oxygens (including phenoxy) is 2. The number of hydrogen-bond donors (Lipinski definition) is 1. The minimum Gasteiger partial charge on any atom is -0.482 e. The molecular formula is C12H15NO4. The first-order valence-corrected chi connectivity index (χ1v) is 5.28. The molecule has 0 saturated carbocycles. The minimum absolute atomic E-state index is 0.118. The lowest BCUT2D eigenvalue weighted by Crippen LogP contribution is -2.14. The third-order valence-electron chi connectivity index (χ3n) is 1.84. The lowest BCUT2D eigenvalue weighted by molar-refractivity contribution is -0.145. The molecule has 0 atom stereocenters. The Labute approximate surface area is 99.7 Å². The van der Waals surface area contributed by atoms with Crippen LogP contribution in [-0.4, -0.2) is 25.1 Å². The third-order valence-corrected chi connectivity index (χ3v) is 1.84. The summed E-state index contributed by atoms with van der Waals surface area (Å²) in [5, 5.41) is 2.63. The second-order valence-electron chi connectivity index (χ2n) is 3.30. The molecule has 1 N–H and O–H groups in total. The molecule has 1 aromatic rings. The fourth-order valence-electron chi connectivity index (χ4n) is 1.18. The molecule has 0 aliphatic heterocycles. The Kier molecular flexibility index (Phi) is 5.00. The second-order valence-corrected chi connectivity index (χ2v) is 3.30. The van der Waals surface area contributed by atoms with Crippen LogP contribution >= 0.6 is 0 Å². The van der Waals surface area contributed by atoms with E-state index in [4.69, 9.17) is 9.47 Å². The van der Waals surface area contributed by atoms with Gasteiger partial charge in [0, 0.05) is 12.6 Å². The molecule has 0 radical (unpaired) electrons. The summed E-state index contributed by atoms with van der Waals surface area (Å²) in [5.74, 6) is 0.00999. The van der Waals surface area contributed by atoms with Crippen molar-refractivity contribution in [2.24, 2.45) is 0 Å². The summed E-state index contributed by atoms with van der Waals surface area (Å²) in [4.78, 5) is 21.8. The quantitative estimate of drug-likeness (QED) is 0.790. The summed E-state index contributed by atoms with van der Waals surface area (Å²) in [6.07, 6.45) is 0. The smallest absolute Gasteiger partial charge is 0.344 e. The van der Waals surface area contributed by atoms with Gasteiger partial charge in [-0.25, -0.2) is 4.79 Å². The van der Waals surface area contributed by atoms with E-state index in [-0.39, 0.29) is 12.5 Å². The van der Waals surface area contributed by atoms with Crippen LogP contribution in [0.2, 0.25) is 0 Å². The first-order valence-electron chi connectivity index (χ1n) is 5.28. The van der Waals surface area contributed by atoms with E-state index in [0.717, 1.165) is 0 Å². The van der Waals surface area contributed by atoms with Crippen LogP contribution in [0.3, 0.4) is 0 Å². The molecule has 0 aliphatic rings. The molecule has 0 heterocycles. The van der Waals surface area contributed by atoms with Crippen LogP contribution in [0, 0.1) is 0 Å². The number of rotatable bonds is 5. The van der Waals surface area contributed by atoms with Gasteiger partial charge in [-0.2, -0.15) is 0 Å². The predicted molar refractivity (Wildman–Crippen MR) is 62.9 cm³/mol. The van der Waals surface area contributed by atoms with E-state index in [2.05, 4.69) is 5.32 Å². The van der Waals surface area contributed by atoms with Gasteiger partial charge in [0.25, 0.3) is 0 Å². The van der Waals surface area contributed by atoms with Crippen molar-refractivity contribution in [3.8, 4) is 5.75 Å². The number of carbonyl (C=O) groups is 2. The molecule has 0 unspecified atom stereocenters. The van der Waals surface area contributed by atoms with Crippen LogP contribution in [0.4, 0.5) is 5.69 Å². The molecule has 17 heavy (non-hydrogen) atoms. The van der Waals surface area contributed by atoms with Gasteiger partial charge in [0.2, 0.25) is 5.91 Å². The molecular weight excluding hydrogens is 222 g/mol. The van der Waals surface area contributed by atoms with Crippen molar-refractivity contribution in [3.63, 3.8) is 0 Å².